The molecule has 0 atom stereocenters. The molecule has 0 unspecified atom stereocenters. The molecule has 0 saturated carbocycles. The highest BCUT2D eigenvalue weighted by atomic mass is 16.5. The van der Waals surface area contributed by atoms with Crippen LogP contribution in [-0.4, -0.2) is 17.6 Å². The zero-order valence-corrected chi connectivity index (χ0v) is 8.64. The molecule has 3 heteroatoms. The Hall–Kier alpha value is -1.25. The number of hydrogen-bond acceptors (Lipinski definition) is 2. The van der Waals surface area contributed by atoms with Crippen molar-refractivity contribution in [2.24, 2.45) is 0 Å². The molecular weight excluding hydrogens is 178 g/mol. The first kappa shape index (κ1) is 9.31. The molecule has 0 radical (unpaired) electrons. The minimum absolute atomic E-state index is 0.176. The maximum atomic E-state index is 11.6. The van der Waals surface area contributed by atoms with E-state index in [0.29, 0.717) is 6.61 Å². The van der Waals surface area contributed by atoms with Gasteiger partial charge in [0.1, 0.15) is 0 Å². The van der Waals surface area contributed by atoms with Crippen LogP contribution in [0, 0.1) is 6.92 Å². The number of aromatic nitrogens is 1. The molecule has 1 aromatic rings. The molecule has 0 amide bonds. The third kappa shape index (κ3) is 1.33. The van der Waals surface area contributed by atoms with Crippen molar-refractivity contribution >= 4 is 5.97 Å². The first-order valence-electron chi connectivity index (χ1n) is 5.11. The fraction of sp³-hybridized carbons (Fsp3) is 0.545. The summed E-state index contributed by atoms with van der Waals surface area (Å²) in [5.41, 5.74) is 4.14. The van der Waals surface area contributed by atoms with Crippen LogP contribution in [0.3, 0.4) is 0 Å². The van der Waals surface area contributed by atoms with Crippen molar-refractivity contribution in [3.63, 3.8) is 0 Å². The number of H-pyrrole nitrogens is 1. The summed E-state index contributed by atoms with van der Waals surface area (Å²) >= 11 is 0. The summed E-state index contributed by atoms with van der Waals surface area (Å²) in [6, 6.07) is 0. The number of hydrogen-bond donors (Lipinski definition) is 1. The molecule has 1 aromatic heterocycles. The molecule has 0 bridgehead atoms. The number of nitrogens with one attached hydrogen (secondary N) is 1. The molecule has 1 N–H and O–H groups in total. The van der Waals surface area contributed by atoms with E-state index in [2.05, 4.69) is 4.98 Å². The van der Waals surface area contributed by atoms with Crippen molar-refractivity contribution in [3.05, 3.63) is 22.5 Å². The number of fused-ring (bicyclic) bond motifs is 1. The van der Waals surface area contributed by atoms with Crippen LogP contribution in [0.4, 0.5) is 0 Å². The molecule has 0 aromatic carbocycles. The largest absolute Gasteiger partial charge is 0.462 e. The molecule has 1 aliphatic carbocycles. The first-order valence-corrected chi connectivity index (χ1v) is 5.11. The normalized spacial score (nSPS) is 14.1. The van der Waals surface area contributed by atoms with Crippen molar-refractivity contribution in [1.82, 2.24) is 4.98 Å². The number of aromatic amines is 1. The van der Waals surface area contributed by atoms with Gasteiger partial charge in [0.05, 0.1) is 12.2 Å². The second kappa shape index (κ2) is 3.48. The summed E-state index contributed by atoms with van der Waals surface area (Å²) in [7, 11) is 0. The average Bonchev–Trinajstić information content (AvgIpc) is 2.63. The van der Waals surface area contributed by atoms with Crippen molar-refractivity contribution in [3.8, 4) is 0 Å². The number of carbonyl (C=O) groups excluding carboxylic acids is 1. The summed E-state index contributed by atoms with van der Waals surface area (Å²) in [6.07, 6.45) is 3.22. The Morgan fingerprint density at radius 3 is 3.00 bits per heavy atom. The van der Waals surface area contributed by atoms with Gasteiger partial charge in [0.2, 0.25) is 0 Å². The lowest BCUT2D eigenvalue weighted by Gasteiger charge is -2.02. The van der Waals surface area contributed by atoms with Gasteiger partial charge in [-0.15, -0.1) is 0 Å². The minimum atomic E-state index is -0.176. The number of esters is 1. The summed E-state index contributed by atoms with van der Waals surface area (Å²) in [5.74, 6) is -0.176. The van der Waals surface area contributed by atoms with Crippen LogP contribution >= 0.6 is 0 Å². The maximum Gasteiger partial charge on any atom is 0.340 e. The summed E-state index contributed by atoms with van der Waals surface area (Å²) < 4.78 is 5.03. The monoisotopic (exact) mass is 193 g/mol. The van der Waals surface area contributed by atoms with E-state index in [-0.39, 0.29) is 5.97 Å². The first-order chi connectivity index (χ1) is 6.74. The van der Waals surface area contributed by atoms with Gasteiger partial charge in [-0.3, -0.25) is 0 Å². The standard InChI is InChI=1S/C11H15NO2/c1-3-14-11(13)10-7(2)12-9-6-4-5-8(9)10/h12H,3-6H2,1-2H3. The summed E-state index contributed by atoms with van der Waals surface area (Å²) in [4.78, 5) is 14.9. The Kier molecular flexibility index (Phi) is 2.32. The second-order valence-corrected chi connectivity index (χ2v) is 3.66. The van der Waals surface area contributed by atoms with Gasteiger partial charge >= 0.3 is 5.97 Å². The predicted octanol–water partition coefficient (Wildman–Crippen LogP) is 1.99. The highest BCUT2D eigenvalue weighted by molar-refractivity contribution is 5.93. The highest BCUT2D eigenvalue weighted by Gasteiger charge is 2.24. The van der Waals surface area contributed by atoms with Crippen molar-refractivity contribution < 1.29 is 9.53 Å². The molecule has 14 heavy (non-hydrogen) atoms. The fourth-order valence-corrected chi connectivity index (χ4v) is 2.15. The van der Waals surface area contributed by atoms with Crippen molar-refractivity contribution in [2.75, 3.05) is 6.61 Å². The molecule has 2 rings (SSSR count). The van der Waals surface area contributed by atoms with Crippen molar-refractivity contribution in [1.29, 1.82) is 0 Å². The number of ether oxygens (including phenoxy) is 1. The van der Waals surface area contributed by atoms with E-state index in [1.54, 1.807) is 0 Å². The summed E-state index contributed by atoms with van der Waals surface area (Å²) in [6.45, 7) is 4.21. The zero-order chi connectivity index (χ0) is 10.1. The van der Waals surface area contributed by atoms with E-state index in [1.165, 1.54) is 11.3 Å². The van der Waals surface area contributed by atoms with Gasteiger partial charge in [-0.05, 0) is 38.7 Å². The maximum absolute atomic E-state index is 11.6. The lowest BCUT2D eigenvalue weighted by Crippen LogP contribution is -2.07. The Bertz CT molecular complexity index is 366. The van der Waals surface area contributed by atoms with E-state index >= 15 is 0 Å². The van der Waals surface area contributed by atoms with Crippen LogP contribution in [0.1, 0.15) is 40.7 Å². The predicted molar refractivity (Wildman–Crippen MR) is 53.5 cm³/mol. The van der Waals surface area contributed by atoms with Crippen LogP contribution in [-0.2, 0) is 17.6 Å². The van der Waals surface area contributed by atoms with Gasteiger partial charge in [-0.2, -0.15) is 0 Å². The molecule has 76 valence electrons. The van der Waals surface area contributed by atoms with E-state index in [4.69, 9.17) is 4.74 Å². The lowest BCUT2D eigenvalue weighted by atomic mass is 10.1. The van der Waals surface area contributed by atoms with Crippen molar-refractivity contribution in [2.45, 2.75) is 33.1 Å². The molecule has 0 aliphatic heterocycles. The molecule has 0 saturated heterocycles. The quantitative estimate of drug-likeness (QED) is 0.730. The number of rotatable bonds is 2. The topological polar surface area (TPSA) is 42.1 Å². The SMILES string of the molecule is CCOC(=O)c1c(C)[nH]c2c1CCC2. The van der Waals surface area contributed by atoms with E-state index in [9.17, 15) is 4.79 Å². The molecule has 0 fully saturated rings. The third-order valence-electron chi connectivity index (χ3n) is 2.71. The number of carbonyl (C=O) groups is 1. The smallest absolute Gasteiger partial charge is 0.340 e. The third-order valence-corrected chi connectivity index (χ3v) is 2.71. The van der Waals surface area contributed by atoms with Crippen LogP contribution < -0.4 is 0 Å². The Labute approximate surface area is 83.5 Å². The van der Waals surface area contributed by atoms with E-state index in [1.807, 2.05) is 13.8 Å². The van der Waals surface area contributed by atoms with Crippen LogP contribution in [0.25, 0.3) is 0 Å². The van der Waals surface area contributed by atoms with Gasteiger partial charge in [0.25, 0.3) is 0 Å². The lowest BCUT2D eigenvalue weighted by molar-refractivity contribution is 0.0524. The van der Waals surface area contributed by atoms with Gasteiger partial charge in [-0.1, -0.05) is 0 Å². The highest BCUT2D eigenvalue weighted by Crippen LogP contribution is 2.27. The fourth-order valence-electron chi connectivity index (χ4n) is 2.15. The Balaban J connectivity index is 2.37. The van der Waals surface area contributed by atoms with Gasteiger partial charge in [0, 0.05) is 11.4 Å². The van der Waals surface area contributed by atoms with Gasteiger partial charge in [0.15, 0.2) is 0 Å². The summed E-state index contributed by atoms with van der Waals surface area (Å²) in [5, 5.41) is 0. The number of aryl methyl sites for hydroxylation is 2. The van der Waals surface area contributed by atoms with E-state index in [0.717, 1.165) is 30.5 Å². The average molecular weight is 193 g/mol. The molecule has 0 spiro atoms. The second-order valence-electron chi connectivity index (χ2n) is 3.66. The van der Waals surface area contributed by atoms with Crippen LogP contribution in [0.5, 0.6) is 0 Å². The Morgan fingerprint density at radius 2 is 2.29 bits per heavy atom. The van der Waals surface area contributed by atoms with Crippen LogP contribution in [0.2, 0.25) is 0 Å². The zero-order valence-electron chi connectivity index (χ0n) is 8.64. The molecule has 1 heterocycles. The molecular formula is C11H15NO2. The van der Waals surface area contributed by atoms with E-state index < -0.39 is 0 Å². The minimum Gasteiger partial charge on any atom is -0.462 e. The van der Waals surface area contributed by atoms with Gasteiger partial charge in [-0.25, -0.2) is 4.79 Å². The Morgan fingerprint density at radius 1 is 1.50 bits per heavy atom. The van der Waals surface area contributed by atoms with Gasteiger partial charge < -0.3 is 9.72 Å². The van der Waals surface area contributed by atoms with Crippen LogP contribution in [0.15, 0.2) is 0 Å². The molecule has 1 aliphatic rings. The molecule has 3 nitrogen and oxygen atoms in total.